The Morgan fingerprint density at radius 3 is 2.35 bits per heavy atom. The second kappa shape index (κ2) is 6.87. The average molecular weight is 269 g/mol. The minimum atomic E-state index is 0.0424. The van der Waals surface area contributed by atoms with Gasteiger partial charge in [-0.05, 0) is 19.1 Å². The summed E-state index contributed by atoms with van der Waals surface area (Å²) in [5, 5.41) is 2.91. The molecule has 0 spiro atoms. The van der Waals surface area contributed by atoms with Crippen molar-refractivity contribution in [2.24, 2.45) is 0 Å². The van der Waals surface area contributed by atoms with E-state index in [9.17, 15) is 4.79 Å². The molecule has 0 aliphatic carbocycles. The molecule has 2 rings (SSSR count). The SMILES string of the molecule is Cc1ccc(C[NH+](C)CC(=O)Nc2ccccc2)cc1. The smallest absolute Gasteiger partial charge is 0.279 e. The largest absolute Gasteiger partial charge is 0.326 e. The molecule has 0 bridgehead atoms. The highest BCUT2D eigenvalue weighted by atomic mass is 16.2. The van der Waals surface area contributed by atoms with Crippen LogP contribution in [0.1, 0.15) is 11.1 Å². The van der Waals surface area contributed by atoms with Crippen molar-refractivity contribution in [2.45, 2.75) is 13.5 Å². The molecule has 0 saturated carbocycles. The number of hydrogen-bond acceptors (Lipinski definition) is 1. The summed E-state index contributed by atoms with van der Waals surface area (Å²) in [6.07, 6.45) is 0. The maximum Gasteiger partial charge on any atom is 0.279 e. The van der Waals surface area contributed by atoms with Gasteiger partial charge in [0.25, 0.3) is 5.91 Å². The third-order valence-electron chi connectivity index (χ3n) is 3.15. The number of carbonyl (C=O) groups excluding carboxylic acids is 1. The minimum Gasteiger partial charge on any atom is -0.326 e. The fraction of sp³-hybridized carbons (Fsp3) is 0.235. The lowest BCUT2D eigenvalue weighted by Gasteiger charge is -2.14. The van der Waals surface area contributed by atoms with E-state index < -0.39 is 0 Å². The molecule has 2 aromatic rings. The Kier molecular flexibility index (Phi) is 4.91. The van der Waals surface area contributed by atoms with Crippen LogP contribution in [0.3, 0.4) is 0 Å². The van der Waals surface area contributed by atoms with Gasteiger partial charge < -0.3 is 10.2 Å². The summed E-state index contributed by atoms with van der Waals surface area (Å²) in [5.41, 5.74) is 3.36. The van der Waals surface area contributed by atoms with E-state index in [-0.39, 0.29) is 5.91 Å². The maximum absolute atomic E-state index is 11.9. The van der Waals surface area contributed by atoms with E-state index >= 15 is 0 Å². The Balaban J connectivity index is 1.83. The first-order valence-corrected chi connectivity index (χ1v) is 6.85. The molecule has 0 aromatic heterocycles. The summed E-state index contributed by atoms with van der Waals surface area (Å²) in [4.78, 5) is 13.1. The number of benzene rings is 2. The number of hydrogen-bond donors (Lipinski definition) is 2. The molecule has 1 unspecified atom stereocenters. The lowest BCUT2D eigenvalue weighted by molar-refractivity contribution is -0.885. The normalized spacial score (nSPS) is 11.9. The van der Waals surface area contributed by atoms with E-state index in [2.05, 4.69) is 36.5 Å². The predicted molar refractivity (Wildman–Crippen MR) is 81.7 cm³/mol. The van der Waals surface area contributed by atoms with Crippen molar-refractivity contribution in [1.29, 1.82) is 0 Å². The standard InChI is InChI=1S/C17H20N2O/c1-14-8-10-15(11-9-14)12-19(2)13-17(20)18-16-6-4-3-5-7-16/h3-11H,12-13H2,1-2H3,(H,18,20)/p+1. The number of rotatable bonds is 5. The fourth-order valence-corrected chi connectivity index (χ4v) is 2.12. The molecular weight excluding hydrogens is 248 g/mol. The van der Waals surface area contributed by atoms with Gasteiger partial charge in [0.1, 0.15) is 6.54 Å². The van der Waals surface area contributed by atoms with Crippen molar-refractivity contribution >= 4 is 11.6 Å². The number of para-hydroxylation sites is 1. The van der Waals surface area contributed by atoms with Crippen LogP contribution in [0.2, 0.25) is 0 Å². The molecule has 0 aliphatic rings. The number of carbonyl (C=O) groups is 1. The van der Waals surface area contributed by atoms with Gasteiger partial charge in [0.15, 0.2) is 6.54 Å². The molecule has 3 nitrogen and oxygen atoms in total. The van der Waals surface area contributed by atoms with Gasteiger partial charge in [-0.1, -0.05) is 48.0 Å². The summed E-state index contributed by atoms with van der Waals surface area (Å²) in [5.74, 6) is 0.0424. The monoisotopic (exact) mass is 269 g/mol. The minimum absolute atomic E-state index is 0.0424. The molecule has 1 atom stereocenters. The van der Waals surface area contributed by atoms with Crippen molar-refractivity contribution in [2.75, 3.05) is 18.9 Å². The first-order valence-electron chi connectivity index (χ1n) is 6.85. The molecule has 0 saturated heterocycles. The highest BCUT2D eigenvalue weighted by molar-refractivity contribution is 5.91. The van der Waals surface area contributed by atoms with Crippen LogP contribution in [-0.2, 0) is 11.3 Å². The van der Waals surface area contributed by atoms with Crippen LogP contribution in [-0.4, -0.2) is 19.5 Å². The summed E-state index contributed by atoms with van der Waals surface area (Å²) in [6, 6.07) is 18.0. The van der Waals surface area contributed by atoms with Crippen LogP contribution < -0.4 is 10.2 Å². The van der Waals surface area contributed by atoms with E-state index in [1.54, 1.807) is 0 Å². The highest BCUT2D eigenvalue weighted by Crippen LogP contribution is 2.04. The number of quaternary nitrogens is 1. The van der Waals surface area contributed by atoms with Crippen molar-refractivity contribution in [3.05, 3.63) is 65.7 Å². The number of amides is 1. The Morgan fingerprint density at radius 2 is 1.70 bits per heavy atom. The summed E-state index contributed by atoms with van der Waals surface area (Å²) >= 11 is 0. The van der Waals surface area contributed by atoms with Gasteiger partial charge in [-0.15, -0.1) is 0 Å². The predicted octanol–water partition coefficient (Wildman–Crippen LogP) is 1.65. The van der Waals surface area contributed by atoms with Crippen molar-refractivity contribution in [3.8, 4) is 0 Å². The molecule has 2 N–H and O–H groups in total. The van der Waals surface area contributed by atoms with Crippen LogP contribution in [0.15, 0.2) is 54.6 Å². The van der Waals surface area contributed by atoms with Gasteiger partial charge in [-0.25, -0.2) is 0 Å². The lowest BCUT2D eigenvalue weighted by Crippen LogP contribution is -3.08. The van der Waals surface area contributed by atoms with Crippen molar-refractivity contribution in [1.82, 2.24) is 0 Å². The molecule has 0 heterocycles. The molecule has 0 fully saturated rings. The second-order valence-corrected chi connectivity index (χ2v) is 5.21. The Morgan fingerprint density at radius 1 is 1.05 bits per heavy atom. The molecule has 0 aliphatic heterocycles. The van der Waals surface area contributed by atoms with Crippen LogP contribution in [0.5, 0.6) is 0 Å². The zero-order chi connectivity index (χ0) is 14.4. The summed E-state index contributed by atoms with van der Waals surface area (Å²) < 4.78 is 0. The molecule has 1 amide bonds. The first kappa shape index (κ1) is 14.3. The molecular formula is C17H21N2O+. The Bertz CT molecular complexity index is 549. The Labute approximate surface area is 120 Å². The maximum atomic E-state index is 11.9. The quantitative estimate of drug-likeness (QED) is 0.850. The van der Waals surface area contributed by atoms with E-state index in [0.29, 0.717) is 6.54 Å². The van der Waals surface area contributed by atoms with Crippen LogP contribution in [0.25, 0.3) is 0 Å². The topological polar surface area (TPSA) is 33.5 Å². The zero-order valence-electron chi connectivity index (χ0n) is 12.0. The first-order chi connectivity index (χ1) is 9.63. The van der Waals surface area contributed by atoms with Gasteiger partial charge in [0.05, 0.1) is 7.05 Å². The number of aryl methyl sites for hydroxylation is 1. The number of nitrogens with one attached hydrogen (secondary N) is 2. The van der Waals surface area contributed by atoms with E-state index in [1.165, 1.54) is 16.0 Å². The van der Waals surface area contributed by atoms with Crippen LogP contribution >= 0.6 is 0 Å². The van der Waals surface area contributed by atoms with Gasteiger partial charge in [0, 0.05) is 11.3 Å². The Hall–Kier alpha value is -2.13. The highest BCUT2D eigenvalue weighted by Gasteiger charge is 2.10. The zero-order valence-corrected chi connectivity index (χ0v) is 12.0. The lowest BCUT2D eigenvalue weighted by atomic mass is 10.1. The van der Waals surface area contributed by atoms with Crippen molar-refractivity contribution < 1.29 is 9.69 Å². The van der Waals surface area contributed by atoms with Gasteiger partial charge in [0.2, 0.25) is 0 Å². The van der Waals surface area contributed by atoms with Crippen molar-refractivity contribution in [3.63, 3.8) is 0 Å². The van der Waals surface area contributed by atoms with E-state index in [0.717, 1.165) is 12.2 Å². The number of anilines is 1. The van der Waals surface area contributed by atoms with E-state index in [1.807, 2.05) is 37.4 Å². The van der Waals surface area contributed by atoms with Gasteiger partial charge in [-0.3, -0.25) is 4.79 Å². The van der Waals surface area contributed by atoms with E-state index in [4.69, 9.17) is 0 Å². The molecule has 104 valence electrons. The second-order valence-electron chi connectivity index (χ2n) is 5.21. The molecule has 2 aromatic carbocycles. The fourth-order valence-electron chi connectivity index (χ4n) is 2.12. The number of likely N-dealkylation sites (N-methyl/N-ethyl adjacent to an activating group) is 1. The molecule has 3 heteroatoms. The van der Waals surface area contributed by atoms with Crippen LogP contribution in [0.4, 0.5) is 5.69 Å². The molecule has 0 radical (unpaired) electrons. The average Bonchev–Trinajstić information content (AvgIpc) is 2.42. The van der Waals surface area contributed by atoms with Gasteiger partial charge in [-0.2, -0.15) is 0 Å². The third-order valence-corrected chi connectivity index (χ3v) is 3.15. The third kappa shape index (κ3) is 4.52. The van der Waals surface area contributed by atoms with Crippen LogP contribution in [0, 0.1) is 6.92 Å². The summed E-state index contributed by atoms with van der Waals surface area (Å²) in [6.45, 7) is 3.39. The summed E-state index contributed by atoms with van der Waals surface area (Å²) in [7, 11) is 2.03. The van der Waals surface area contributed by atoms with Gasteiger partial charge >= 0.3 is 0 Å². The molecule has 20 heavy (non-hydrogen) atoms.